The van der Waals surface area contributed by atoms with Gasteiger partial charge in [0.25, 0.3) is 11.7 Å². The molecule has 1 aromatic heterocycles. The Bertz CT molecular complexity index is 1180. The molecule has 5 nitrogen and oxygen atoms in total. The maximum Gasteiger partial charge on any atom is 0.300 e. The van der Waals surface area contributed by atoms with Crippen molar-refractivity contribution in [2.75, 3.05) is 12.0 Å². The van der Waals surface area contributed by atoms with E-state index in [1.807, 2.05) is 18.4 Å². The lowest BCUT2D eigenvalue weighted by atomic mass is 9.98. The lowest BCUT2D eigenvalue weighted by Gasteiger charge is -2.25. The number of ketones is 1. The summed E-state index contributed by atoms with van der Waals surface area (Å²) in [5.41, 5.74) is 1.35. The summed E-state index contributed by atoms with van der Waals surface area (Å²) < 4.78 is 19.2. The Labute approximate surface area is 176 Å². The van der Waals surface area contributed by atoms with Crippen LogP contribution >= 0.6 is 11.3 Å². The first kappa shape index (κ1) is 19.8. The van der Waals surface area contributed by atoms with Crippen molar-refractivity contribution >= 4 is 34.5 Å². The molecule has 0 bridgehead atoms. The number of methoxy groups -OCH3 is 1. The lowest BCUT2D eigenvalue weighted by molar-refractivity contribution is -0.132. The van der Waals surface area contributed by atoms with Gasteiger partial charge in [0.1, 0.15) is 23.4 Å². The van der Waals surface area contributed by atoms with Crippen molar-refractivity contribution in [1.82, 2.24) is 0 Å². The number of Topliss-reactive ketones (excluding diaryl/α,β-unsaturated/α-hetero) is 1. The Morgan fingerprint density at radius 3 is 2.57 bits per heavy atom. The standard InChI is InChI=1S/C23H18FNO4S/c1-13-10-11-30-22(13)19-18(20(26)16-8-3-4-9-17(16)29-2)21(27)23(28)25(19)15-7-5-6-14(24)12-15/h3-12,19,26H,1-2H3/b20-18-. The molecule has 7 heteroatoms. The minimum Gasteiger partial charge on any atom is -0.507 e. The number of ether oxygens (including phenoxy) is 1. The van der Waals surface area contributed by atoms with Gasteiger partial charge in [-0.25, -0.2) is 4.39 Å². The highest BCUT2D eigenvalue weighted by molar-refractivity contribution is 7.10. The number of aliphatic hydroxyl groups is 1. The van der Waals surface area contributed by atoms with Crippen LogP contribution in [0.25, 0.3) is 5.76 Å². The maximum atomic E-state index is 13.9. The minimum absolute atomic E-state index is 0.0562. The second-order valence-electron chi connectivity index (χ2n) is 6.82. The first-order valence-electron chi connectivity index (χ1n) is 9.18. The van der Waals surface area contributed by atoms with Gasteiger partial charge in [0.15, 0.2) is 0 Å². The van der Waals surface area contributed by atoms with Crippen molar-refractivity contribution in [2.24, 2.45) is 0 Å². The Kier molecular flexibility index (Phi) is 5.13. The van der Waals surface area contributed by atoms with E-state index in [-0.39, 0.29) is 17.0 Å². The number of rotatable bonds is 4. The molecular weight excluding hydrogens is 405 g/mol. The average Bonchev–Trinajstić information content (AvgIpc) is 3.28. The summed E-state index contributed by atoms with van der Waals surface area (Å²) in [4.78, 5) is 28.0. The molecule has 1 atom stereocenters. The SMILES string of the molecule is COc1ccccc1/C(O)=C1/C(=O)C(=O)N(c2cccc(F)c2)C1c1sccc1C. The van der Waals surface area contributed by atoms with Crippen molar-refractivity contribution in [3.63, 3.8) is 0 Å². The van der Waals surface area contributed by atoms with Gasteiger partial charge in [-0.1, -0.05) is 18.2 Å². The highest BCUT2D eigenvalue weighted by Gasteiger charge is 2.48. The Morgan fingerprint density at radius 1 is 1.13 bits per heavy atom. The van der Waals surface area contributed by atoms with Gasteiger partial charge < -0.3 is 9.84 Å². The van der Waals surface area contributed by atoms with Gasteiger partial charge in [-0.3, -0.25) is 14.5 Å². The summed E-state index contributed by atoms with van der Waals surface area (Å²) in [5.74, 6) is -2.15. The van der Waals surface area contributed by atoms with Gasteiger partial charge in [-0.2, -0.15) is 0 Å². The number of para-hydroxylation sites is 1. The fraction of sp³-hybridized carbons (Fsp3) is 0.130. The topological polar surface area (TPSA) is 66.8 Å². The molecule has 0 saturated carbocycles. The van der Waals surface area contributed by atoms with Crippen molar-refractivity contribution in [3.8, 4) is 5.75 Å². The number of halogens is 1. The normalized spacial score (nSPS) is 18.1. The molecule has 152 valence electrons. The molecule has 1 aliphatic heterocycles. The second kappa shape index (κ2) is 7.76. The Morgan fingerprint density at radius 2 is 1.90 bits per heavy atom. The monoisotopic (exact) mass is 423 g/mol. The van der Waals surface area contributed by atoms with Crippen LogP contribution in [-0.2, 0) is 9.59 Å². The number of aryl methyl sites for hydroxylation is 1. The number of thiophene rings is 1. The maximum absolute atomic E-state index is 13.9. The molecule has 1 saturated heterocycles. The molecular formula is C23H18FNO4S. The molecule has 1 unspecified atom stereocenters. The van der Waals surface area contributed by atoms with Crippen LogP contribution in [0.2, 0.25) is 0 Å². The van der Waals surface area contributed by atoms with Crippen molar-refractivity contribution in [2.45, 2.75) is 13.0 Å². The number of amides is 1. The quantitative estimate of drug-likeness (QED) is 0.371. The molecule has 0 spiro atoms. The number of benzene rings is 2. The van der Waals surface area contributed by atoms with E-state index in [9.17, 15) is 19.1 Å². The third-order valence-corrected chi connectivity index (χ3v) is 6.11. The number of carbonyl (C=O) groups excluding carboxylic acids is 2. The Hall–Kier alpha value is -3.45. The molecule has 0 radical (unpaired) electrons. The number of carbonyl (C=O) groups is 2. The molecule has 2 aromatic carbocycles. The van der Waals surface area contributed by atoms with E-state index >= 15 is 0 Å². The van der Waals surface area contributed by atoms with Crippen LogP contribution in [0, 0.1) is 12.7 Å². The van der Waals surface area contributed by atoms with Crippen LogP contribution in [0.3, 0.4) is 0 Å². The number of hydrogen-bond donors (Lipinski definition) is 1. The zero-order valence-corrected chi connectivity index (χ0v) is 17.1. The van der Waals surface area contributed by atoms with E-state index in [0.717, 1.165) is 10.4 Å². The summed E-state index contributed by atoms with van der Waals surface area (Å²) in [7, 11) is 1.46. The van der Waals surface area contributed by atoms with Gasteiger partial charge in [0.2, 0.25) is 0 Å². The van der Waals surface area contributed by atoms with E-state index in [1.165, 1.54) is 41.5 Å². The van der Waals surface area contributed by atoms with Crippen LogP contribution in [0.4, 0.5) is 10.1 Å². The molecule has 0 aliphatic carbocycles. The lowest BCUT2D eigenvalue weighted by Crippen LogP contribution is -2.29. The van der Waals surface area contributed by atoms with Gasteiger partial charge >= 0.3 is 0 Å². The molecule has 1 N–H and O–H groups in total. The van der Waals surface area contributed by atoms with Gasteiger partial charge in [0.05, 0.1) is 18.2 Å². The van der Waals surface area contributed by atoms with Crippen molar-refractivity contribution in [1.29, 1.82) is 0 Å². The molecule has 1 aliphatic rings. The van der Waals surface area contributed by atoms with E-state index in [0.29, 0.717) is 11.3 Å². The first-order chi connectivity index (χ1) is 14.4. The fourth-order valence-electron chi connectivity index (χ4n) is 3.62. The summed E-state index contributed by atoms with van der Waals surface area (Å²) in [6.07, 6.45) is 0. The van der Waals surface area contributed by atoms with E-state index in [1.54, 1.807) is 30.3 Å². The zero-order valence-electron chi connectivity index (χ0n) is 16.3. The van der Waals surface area contributed by atoms with E-state index in [4.69, 9.17) is 4.74 Å². The highest BCUT2D eigenvalue weighted by Crippen LogP contribution is 2.45. The molecule has 30 heavy (non-hydrogen) atoms. The van der Waals surface area contributed by atoms with Crippen molar-refractivity contribution in [3.05, 3.63) is 87.4 Å². The number of anilines is 1. The molecule has 1 amide bonds. The van der Waals surface area contributed by atoms with E-state index in [2.05, 4.69) is 0 Å². The smallest absolute Gasteiger partial charge is 0.300 e. The van der Waals surface area contributed by atoms with Gasteiger partial charge in [-0.05, 0) is 54.3 Å². The third-order valence-electron chi connectivity index (χ3n) is 5.04. The first-order valence-corrected chi connectivity index (χ1v) is 10.1. The summed E-state index contributed by atoms with van der Waals surface area (Å²) in [6, 6.07) is 13.2. The van der Waals surface area contributed by atoms with Crippen LogP contribution in [0.15, 0.2) is 65.6 Å². The number of hydrogen-bond acceptors (Lipinski definition) is 5. The number of aliphatic hydroxyl groups excluding tert-OH is 1. The molecule has 3 aromatic rings. The molecule has 2 heterocycles. The summed E-state index contributed by atoms with van der Waals surface area (Å²) >= 11 is 1.36. The Balaban J connectivity index is 1.99. The fourth-order valence-corrected chi connectivity index (χ4v) is 4.65. The number of nitrogens with zero attached hydrogens (tertiary/aromatic N) is 1. The molecule has 1 fully saturated rings. The second-order valence-corrected chi connectivity index (χ2v) is 7.76. The van der Waals surface area contributed by atoms with E-state index < -0.39 is 23.5 Å². The van der Waals surface area contributed by atoms with Crippen LogP contribution in [0.5, 0.6) is 5.75 Å². The van der Waals surface area contributed by atoms with Gasteiger partial charge in [-0.15, -0.1) is 11.3 Å². The van der Waals surface area contributed by atoms with Crippen LogP contribution in [0.1, 0.15) is 22.0 Å². The third kappa shape index (κ3) is 3.17. The summed E-state index contributed by atoms with van der Waals surface area (Å²) in [6.45, 7) is 1.86. The largest absolute Gasteiger partial charge is 0.507 e. The highest BCUT2D eigenvalue weighted by atomic mass is 32.1. The average molecular weight is 423 g/mol. The van der Waals surface area contributed by atoms with Crippen LogP contribution < -0.4 is 9.64 Å². The molecule has 4 rings (SSSR count). The minimum atomic E-state index is -0.878. The predicted molar refractivity (Wildman–Crippen MR) is 113 cm³/mol. The zero-order chi connectivity index (χ0) is 21.4. The summed E-state index contributed by atoms with van der Waals surface area (Å²) in [5, 5.41) is 13.0. The van der Waals surface area contributed by atoms with Crippen LogP contribution in [-0.4, -0.2) is 23.9 Å². The predicted octanol–water partition coefficient (Wildman–Crippen LogP) is 4.83. The van der Waals surface area contributed by atoms with Crippen molar-refractivity contribution < 1.29 is 23.8 Å². The van der Waals surface area contributed by atoms with Gasteiger partial charge in [0, 0.05) is 10.6 Å².